The Morgan fingerprint density at radius 1 is 0.741 bits per heavy atom. The van der Waals surface area contributed by atoms with Gasteiger partial charge < -0.3 is 53.9 Å². The highest BCUT2D eigenvalue weighted by molar-refractivity contribution is 9.10. The Morgan fingerprint density at radius 3 is 2.17 bits per heavy atom. The van der Waals surface area contributed by atoms with Crippen molar-refractivity contribution in [3.8, 4) is 11.5 Å². The molecule has 2 fully saturated rings. The van der Waals surface area contributed by atoms with Crippen molar-refractivity contribution in [3.63, 3.8) is 0 Å². The van der Waals surface area contributed by atoms with Crippen LogP contribution in [0.1, 0.15) is 64.6 Å². The fourth-order valence-corrected chi connectivity index (χ4v) is 9.83. The van der Waals surface area contributed by atoms with Gasteiger partial charge in [0.15, 0.2) is 5.13 Å². The number of benzene rings is 4. The normalized spacial score (nSPS) is 13.9. The number of piperazine rings is 1. The minimum atomic E-state index is -0.769. The molecule has 3 N–H and O–H groups in total. The minimum Gasteiger partial charge on any atom is -0.494 e. The lowest BCUT2D eigenvalue weighted by atomic mass is 10.0. The number of nitrogens with zero attached hydrogens (tertiary/aromatic N) is 8. The van der Waals surface area contributed by atoms with E-state index < -0.39 is 12.1 Å². The molecule has 22 heteroatoms. The van der Waals surface area contributed by atoms with Crippen LogP contribution in [0.3, 0.4) is 0 Å². The molecular weight excluding hydrogens is 1120 g/mol. The monoisotopic (exact) mass is 1190 g/mol. The molecule has 1 aliphatic carbocycles. The molecule has 5 amide bonds. The zero-order valence-corrected chi connectivity index (χ0v) is 48.6. The number of rotatable bonds is 33. The van der Waals surface area contributed by atoms with Crippen LogP contribution in [0.4, 0.5) is 15.6 Å². The molecule has 2 aromatic heterocycles. The molecule has 1 unspecified atom stereocenters. The molecule has 3 heterocycles. The number of halogens is 1. The lowest BCUT2D eigenvalue weighted by Crippen LogP contribution is -2.47. The Hall–Kier alpha value is -6.79. The molecule has 81 heavy (non-hydrogen) atoms. The third kappa shape index (κ3) is 20.3. The van der Waals surface area contributed by atoms with E-state index >= 15 is 0 Å². The summed E-state index contributed by atoms with van der Waals surface area (Å²) >= 11 is 4.79. The van der Waals surface area contributed by atoms with Gasteiger partial charge in [-0.2, -0.15) is 0 Å². The highest BCUT2D eigenvalue weighted by atomic mass is 79.9. The molecule has 1 saturated carbocycles. The fourth-order valence-electron chi connectivity index (χ4n) is 8.86. The van der Waals surface area contributed by atoms with Gasteiger partial charge in [-0.05, 0) is 118 Å². The van der Waals surface area contributed by atoms with Crippen molar-refractivity contribution in [2.24, 2.45) is 0 Å². The largest absolute Gasteiger partial charge is 0.494 e. The molecule has 0 bridgehead atoms. The molecular formula is C59H74BrN11O9S. The van der Waals surface area contributed by atoms with Crippen LogP contribution in [-0.4, -0.2) is 176 Å². The highest BCUT2D eigenvalue weighted by Crippen LogP contribution is 2.37. The first-order valence-electron chi connectivity index (χ1n) is 27.7. The smallest absolute Gasteiger partial charge is 0.325 e. The number of amides is 5. The zero-order valence-electron chi connectivity index (χ0n) is 46.2. The van der Waals surface area contributed by atoms with Crippen LogP contribution in [0, 0.1) is 0 Å². The number of thiazole rings is 1. The van der Waals surface area contributed by atoms with E-state index in [0.29, 0.717) is 119 Å². The standard InChI is InChI=1S/C59H74BrN11O9S/c1-67(25-6-7-32-79-52-20-12-46(13-21-52)57(74)71(51-18-19-51)55(45-10-14-47(60)15-11-45)56(73)61-41-44-8-4-3-5-9-44)30-34-77-37-36-76-33-24-49-42-70(66-65-49)31-35-78-38-39-80-53-22-16-48(17-23-53)62-58(75)64-59-63-50(43-81-59)40-54(72)69-28-26-68(2)27-29-69/h3-5,8-17,20-23,42-43,51,55H,6-7,18-19,24-41H2,1-2H3,(H,61,73)(H2,62,63,64,75). The van der Waals surface area contributed by atoms with Gasteiger partial charge in [-0.1, -0.05) is 63.6 Å². The molecule has 1 saturated heterocycles. The van der Waals surface area contributed by atoms with Crippen molar-refractivity contribution in [2.45, 2.75) is 63.7 Å². The van der Waals surface area contributed by atoms with Crippen LogP contribution < -0.4 is 25.4 Å². The second kappa shape index (κ2) is 32.0. The average molecular weight is 1190 g/mol. The van der Waals surface area contributed by atoms with Crippen molar-refractivity contribution in [3.05, 3.63) is 147 Å². The van der Waals surface area contributed by atoms with Gasteiger partial charge in [-0.3, -0.25) is 19.7 Å². The summed E-state index contributed by atoms with van der Waals surface area (Å²) in [5, 5.41) is 19.3. The number of urea groups is 1. The van der Waals surface area contributed by atoms with Gasteiger partial charge in [0.25, 0.3) is 5.91 Å². The van der Waals surface area contributed by atoms with E-state index in [9.17, 15) is 19.2 Å². The molecule has 0 spiro atoms. The number of likely N-dealkylation sites (N-methyl/N-ethyl adjacent to an activating group) is 2. The number of carbonyl (C=O) groups is 4. The minimum absolute atomic E-state index is 0.0127. The summed E-state index contributed by atoms with van der Waals surface area (Å²) in [7, 11) is 4.13. The average Bonchev–Trinajstić information content (AvgIpc) is 4.32. The lowest BCUT2D eigenvalue weighted by Gasteiger charge is -2.32. The SMILES string of the molecule is CN(CCCCOc1ccc(C(=O)N(C2CC2)C(C(=O)NCc2ccccc2)c2ccc(Br)cc2)cc1)CCOCCOCCc1cn(CCOCCOc2ccc(NC(=O)Nc3nc(CC(=O)N4CCN(C)CC4)cs3)cc2)nn1. The first-order valence-corrected chi connectivity index (χ1v) is 29.4. The molecule has 1 aliphatic heterocycles. The molecule has 8 rings (SSSR count). The molecule has 20 nitrogen and oxygen atoms in total. The number of aromatic nitrogens is 4. The van der Waals surface area contributed by atoms with Crippen molar-refractivity contribution < 1.29 is 42.9 Å². The number of unbranched alkanes of at least 4 members (excludes halogenated alkanes) is 1. The zero-order chi connectivity index (χ0) is 56.6. The molecule has 0 radical (unpaired) electrons. The van der Waals surface area contributed by atoms with E-state index in [2.05, 4.69) is 64.0 Å². The van der Waals surface area contributed by atoms with Crippen molar-refractivity contribution in [1.82, 2.24) is 44.9 Å². The second-order valence-electron chi connectivity index (χ2n) is 20.0. The summed E-state index contributed by atoms with van der Waals surface area (Å²) in [5.41, 5.74) is 4.35. The Morgan fingerprint density at radius 2 is 1.43 bits per heavy atom. The van der Waals surface area contributed by atoms with Gasteiger partial charge in [0.1, 0.15) is 24.1 Å². The van der Waals surface area contributed by atoms with Crippen LogP contribution >= 0.6 is 27.3 Å². The molecule has 2 aliphatic rings. The van der Waals surface area contributed by atoms with Gasteiger partial charge in [0, 0.05) is 79.0 Å². The molecule has 432 valence electrons. The first-order chi connectivity index (χ1) is 39.5. The van der Waals surface area contributed by atoms with Crippen LogP contribution in [0.25, 0.3) is 0 Å². The van der Waals surface area contributed by atoms with Crippen LogP contribution in [0.5, 0.6) is 11.5 Å². The Kier molecular flexibility index (Phi) is 23.8. The maximum atomic E-state index is 14.2. The molecule has 4 aromatic carbocycles. The first kappa shape index (κ1) is 60.3. The Balaban J connectivity index is 0.611. The summed E-state index contributed by atoms with van der Waals surface area (Å²) in [6, 6.07) is 30.5. The number of nitrogens with one attached hydrogen (secondary N) is 3. The van der Waals surface area contributed by atoms with E-state index in [1.807, 2.05) is 84.9 Å². The maximum absolute atomic E-state index is 14.2. The van der Waals surface area contributed by atoms with E-state index in [0.717, 1.165) is 73.2 Å². The topological polar surface area (TPSA) is 207 Å². The quantitative estimate of drug-likeness (QED) is 0.0340. The molecule has 6 aromatic rings. The van der Waals surface area contributed by atoms with Gasteiger partial charge in [-0.25, -0.2) is 14.5 Å². The van der Waals surface area contributed by atoms with E-state index in [-0.39, 0.29) is 30.2 Å². The van der Waals surface area contributed by atoms with Crippen molar-refractivity contribution >= 4 is 61.8 Å². The van der Waals surface area contributed by atoms with Crippen LogP contribution in [0.15, 0.2) is 119 Å². The Labute approximate surface area is 486 Å². The third-order valence-electron chi connectivity index (χ3n) is 13.6. The Bertz CT molecular complexity index is 2870. The van der Waals surface area contributed by atoms with Gasteiger partial charge >= 0.3 is 6.03 Å². The molecule has 1 atom stereocenters. The van der Waals surface area contributed by atoms with Crippen LogP contribution in [0.2, 0.25) is 0 Å². The van der Waals surface area contributed by atoms with Crippen molar-refractivity contribution in [1.29, 1.82) is 0 Å². The summed E-state index contributed by atoms with van der Waals surface area (Å²) < 4.78 is 31.8. The number of hydrogen-bond donors (Lipinski definition) is 3. The van der Waals surface area contributed by atoms with Crippen LogP contribution in [-0.2, 0) is 49.7 Å². The van der Waals surface area contributed by atoms with E-state index in [1.165, 1.54) is 11.3 Å². The highest BCUT2D eigenvalue weighted by Gasteiger charge is 2.41. The third-order valence-corrected chi connectivity index (χ3v) is 14.9. The summed E-state index contributed by atoms with van der Waals surface area (Å²) in [6.07, 6.45) is 6.30. The number of anilines is 2. The second-order valence-corrected chi connectivity index (χ2v) is 21.8. The maximum Gasteiger partial charge on any atom is 0.325 e. The predicted molar refractivity (Wildman–Crippen MR) is 314 cm³/mol. The van der Waals surface area contributed by atoms with Gasteiger partial charge in [0.2, 0.25) is 11.8 Å². The number of carbonyl (C=O) groups excluding carboxylic acids is 4. The summed E-state index contributed by atoms with van der Waals surface area (Å²) in [6.45, 7) is 9.69. The fraction of sp³-hybridized carbons (Fsp3) is 0.441. The van der Waals surface area contributed by atoms with Gasteiger partial charge in [0.05, 0.1) is 70.6 Å². The van der Waals surface area contributed by atoms with E-state index in [4.69, 9.17) is 23.7 Å². The predicted octanol–water partition coefficient (Wildman–Crippen LogP) is 7.58. The summed E-state index contributed by atoms with van der Waals surface area (Å²) in [5.74, 6) is 1.00. The van der Waals surface area contributed by atoms with E-state index in [1.54, 1.807) is 51.4 Å². The number of hydrogen-bond acceptors (Lipinski definition) is 15. The van der Waals surface area contributed by atoms with Crippen molar-refractivity contribution in [2.75, 3.05) is 117 Å². The van der Waals surface area contributed by atoms with Gasteiger partial charge in [-0.15, -0.1) is 16.4 Å². The number of ether oxygens (including phenoxy) is 5. The summed E-state index contributed by atoms with van der Waals surface area (Å²) in [4.78, 5) is 65.7. The lowest BCUT2D eigenvalue weighted by molar-refractivity contribution is -0.132.